The molecule has 1 amide bonds. The Labute approximate surface area is 144 Å². The molecular formula is C18H19NO4S. The van der Waals surface area contributed by atoms with Crippen LogP contribution in [0.1, 0.15) is 23.5 Å². The molecule has 2 heterocycles. The van der Waals surface area contributed by atoms with Crippen LogP contribution in [-0.4, -0.2) is 32.6 Å². The van der Waals surface area contributed by atoms with Crippen molar-refractivity contribution in [3.05, 3.63) is 34.5 Å². The van der Waals surface area contributed by atoms with Crippen molar-refractivity contribution in [3.63, 3.8) is 0 Å². The van der Waals surface area contributed by atoms with Crippen LogP contribution in [0.15, 0.2) is 29.6 Å². The van der Waals surface area contributed by atoms with Crippen molar-refractivity contribution in [1.82, 2.24) is 0 Å². The third-order valence-corrected chi connectivity index (χ3v) is 5.13. The second kappa shape index (κ2) is 5.94. The maximum atomic E-state index is 12.5. The third-order valence-electron chi connectivity index (χ3n) is 4.18. The molecule has 1 aromatic heterocycles. The van der Waals surface area contributed by atoms with Crippen molar-refractivity contribution in [1.29, 1.82) is 0 Å². The molecule has 0 unspecified atom stereocenters. The molecule has 0 bridgehead atoms. The van der Waals surface area contributed by atoms with E-state index in [9.17, 15) is 9.59 Å². The van der Waals surface area contributed by atoms with Crippen molar-refractivity contribution in [3.8, 4) is 16.9 Å². The number of methoxy groups -OCH3 is 2. The van der Waals surface area contributed by atoms with Crippen molar-refractivity contribution >= 4 is 28.9 Å². The van der Waals surface area contributed by atoms with Gasteiger partial charge in [-0.3, -0.25) is 4.79 Å². The van der Waals surface area contributed by atoms with Gasteiger partial charge in [0.05, 0.1) is 25.3 Å². The molecule has 0 radical (unpaired) electrons. The molecule has 24 heavy (non-hydrogen) atoms. The van der Waals surface area contributed by atoms with Gasteiger partial charge in [-0.05, 0) is 31.5 Å². The summed E-state index contributed by atoms with van der Waals surface area (Å²) in [4.78, 5) is 26.7. The second-order valence-corrected chi connectivity index (χ2v) is 7.20. The summed E-state index contributed by atoms with van der Waals surface area (Å²) >= 11 is 1.29. The van der Waals surface area contributed by atoms with E-state index in [1.807, 2.05) is 43.5 Å². The monoisotopic (exact) mass is 345 g/mol. The number of esters is 1. The van der Waals surface area contributed by atoms with Gasteiger partial charge in [-0.2, -0.15) is 0 Å². The summed E-state index contributed by atoms with van der Waals surface area (Å²) in [5.41, 5.74) is 2.02. The molecule has 1 fully saturated rings. The number of thiophene rings is 1. The molecule has 5 nitrogen and oxygen atoms in total. The number of nitrogens with zero attached hydrogens (tertiary/aromatic N) is 1. The number of ether oxygens (including phenoxy) is 2. The van der Waals surface area contributed by atoms with Gasteiger partial charge in [-0.25, -0.2) is 4.79 Å². The normalized spacial score (nSPS) is 15.8. The molecule has 1 aliphatic rings. The molecule has 6 heteroatoms. The summed E-state index contributed by atoms with van der Waals surface area (Å²) in [6.45, 7) is 4.39. The summed E-state index contributed by atoms with van der Waals surface area (Å²) < 4.78 is 10.1. The standard InChI is InChI=1S/C18H19NO4S/c1-18(2)10-19(17(18)21)14-13(9-24-15(14)16(20)23-4)11-5-7-12(22-3)8-6-11/h5-9H,10H2,1-4H3. The SMILES string of the molecule is COC(=O)c1scc(-c2ccc(OC)cc2)c1N1CC(C)(C)C1=O. The highest BCUT2D eigenvalue weighted by atomic mass is 32.1. The van der Waals surface area contributed by atoms with Gasteiger partial charge < -0.3 is 14.4 Å². The zero-order valence-corrected chi connectivity index (χ0v) is 14.9. The van der Waals surface area contributed by atoms with Crippen LogP contribution in [0.2, 0.25) is 0 Å². The van der Waals surface area contributed by atoms with Crippen molar-refractivity contribution in [2.45, 2.75) is 13.8 Å². The highest BCUT2D eigenvalue weighted by Crippen LogP contribution is 2.45. The van der Waals surface area contributed by atoms with Crippen LogP contribution in [0, 0.1) is 5.41 Å². The Bertz CT molecular complexity index is 792. The number of benzene rings is 1. The molecular weight excluding hydrogens is 326 g/mol. The molecule has 1 saturated heterocycles. The minimum Gasteiger partial charge on any atom is -0.497 e. The first kappa shape index (κ1) is 16.5. The van der Waals surface area contributed by atoms with Gasteiger partial charge in [0.1, 0.15) is 10.6 Å². The maximum absolute atomic E-state index is 12.5. The molecule has 126 valence electrons. The van der Waals surface area contributed by atoms with Gasteiger partial charge in [0.25, 0.3) is 0 Å². The Morgan fingerprint density at radius 3 is 2.38 bits per heavy atom. The molecule has 0 aliphatic carbocycles. The lowest BCUT2D eigenvalue weighted by molar-refractivity contribution is -0.132. The van der Waals surface area contributed by atoms with E-state index in [0.717, 1.165) is 16.9 Å². The van der Waals surface area contributed by atoms with Gasteiger partial charge in [-0.15, -0.1) is 11.3 Å². The average Bonchev–Trinajstić information content (AvgIpc) is 3.03. The Kier molecular flexibility index (Phi) is 4.09. The van der Waals surface area contributed by atoms with Crippen LogP contribution >= 0.6 is 11.3 Å². The quantitative estimate of drug-likeness (QED) is 0.628. The largest absolute Gasteiger partial charge is 0.497 e. The fourth-order valence-corrected chi connectivity index (χ4v) is 3.82. The lowest BCUT2D eigenvalue weighted by Gasteiger charge is -2.44. The minimum absolute atomic E-state index is 0.0146. The van der Waals surface area contributed by atoms with Gasteiger partial charge >= 0.3 is 5.97 Å². The Balaban J connectivity index is 2.08. The molecule has 3 rings (SSSR count). The van der Waals surface area contributed by atoms with Gasteiger partial charge in [0.2, 0.25) is 5.91 Å². The smallest absolute Gasteiger partial charge is 0.350 e. The number of anilines is 1. The Hall–Kier alpha value is -2.34. The first-order valence-corrected chi connectivity index (χ1v) is 8.43. The number of carbonyl (C=O) groups excluding carboxylic acids is 2. The predicted octanol–water partition coefficient (Wildman–Crippen LogP) is 3.58. The molecule has 1 aliphatic heterocycles. The number of amides is 1. The van der Waals surface area contributed by atoms with Gasteiger partial charge in [-0.1, -0.05) is 12.1 Å². The van der Waals surface area contributed by atoms with Crippen LogP contribution in [0.3, 0.4) is 0 Å². The first-order chi connectivity index (χ1) is 11.4. The van der Waals surface area contributed by atoms with E-state index >= 15 is 0 Å². The van der Waals surface area contributed by atoms with Crippen molar-refractivity contribution < 1.29 is 19.1 Å². The highest BCUT2D eigenvalue weighted by Gasteiger charge is 2.47. The summed E-state index contributed by atoms with van der Waals surface area (Å²) in [5.74, 6) is 0.345. The zero-order chi connectivity index (χ0) is 17.5. The Morgan fingerprint density at radius 1 is 1.21 bits per heavy atom. The summed E-state index contributed by atoms with van der Waals surface area (Å²) in [6.07, 6.45) is 0. The van der Waals surface area contributed by atoms with Crippen LogP contribution in [0.5, 0.6) is 5.75 Å². The van der Waals surface area contributed by atoms with Gasteiger partial charge in [0.15, 0.2) is 0 Å². The zero-order valence-electron chi connectivity index (χ0n) is 14.1. The number of rotatable bonds is 4. The van der Waals surface area contributed by atoms with Crippen LogP contribution < -0.4 is 9.64 Å². The average molecular weight is 345 g/mol. The van der Waals surface area contributed by atoms with E-state index in [4.69, 9.17) is 9.47 Å². The summed E-state index contributed by atoms with van der Waals surface area (Å²) in [7, 11) is 2.96. The van der Waals surface area contributed by atoms with E-state index in [-0.39, 0.29) is 5.91 Å². The topological polar surface area (TPSA) is 55.8 Å². The fourth-order valence-electron chi connectivity index (χ4n) is 2.82. The minimum atomic E-state index is -0.424. The number of carbonyl (C=O) groups is 2. The van der Waals surface area contributed by atoms with E-state index in [1.54, 1.807) is 12.0 Å². The van der Waals surface area contributed by atoms with E-state index in [2.05, 4.69) is 0 Å². The summed E-state index contributed by atoms with van der Waals surface area (Å²) in [5, 5.41) is 1.89. The highest BCUT2D eigenvalue weighted by molar-refractivity contribution is 7.13. The Morgan fingerprint density at radius 2 is 1.88 bits per heavy atom. The molecule has 0 saturated carbocycles. The number of β-lactam (4-membered cyclic amide) rings is 1. The number of hydrogen-bond donors (Lipinski definition) is 0. The van der Waals surface area contributed by atoms with E-state index in [0.29, 0.717) is 17.1 Å². The van der Waals surface area contributed by atoms with Crippen molar-refractivity contribution in [2.75, 3.05) is 25.7 Å². The lowest BCUT2D eigenvalue weighted by atomic mass is 9.82. The second-order valence-electron chi connectivity index (χ2n) is 6.32. The molecule has 0 N–H and O–H groups in total. The van der Waals surface area contributed by atoms with Crippen LogP contribution in [0.25, 0.3) is 11.1 Å². The van der Waals surface area contributed by atoms with Crippen molar-refractivity contribution in [2.24, 2.45) is 5.41 Å². The van der Waals surface area contributed by atoms with Crippen LogP contribution in [-0.2, 0) is 9.53 Å². The van der Waals surface area contributed by atoms with Crippen LogP contribution in [0.4, 0.5) is 5.69 Å². The van der Waals surface area contributed by atoms with E-state index in [1.165, 1.54) is 18.4 Å². The fraction of sp³-hybridized carbons (Fsp3) is 0.333. The number of hydrogen-bond acceptors (Lipinski definition) is 5. The predicted molar refractivity (Wildman–Crippen MR) is 93.8 cm³/mol. The maximum Gasteiger partial charge on any atom is 0.350 e. The molecule has 0 atom stereocenters. The molecule has 1 aromatic carbocycles. The van der Waals surface area contributed by atoms with E-state index < -0.39 is 11.4 Å². The molecule has 0 spiro atoms. The first-order valence-electron chi connectivity index (χ1n) is 7.55. The summed E-state index contributed by atoms with van der Waals surface area (Å²) in [6, 6.07) is 7.55. The third kappa shape index (κ3) is 2.57. The molecule has 2 aromatic rings. The lowest BCUT2D eigenvalue weighted by Crippen LogP contribution is -2.59. The van der Waals surface area contributed by atoms with Gasteiger partial charge in [0, 0.05) is 17.5 Å².